The number of allylic oxidation sites excluding steroid dienone is 1. The quantitative estimate of drug-likeness (QED) is 0.417. The van der Waals surface area contributed by atoms with Gasteiger partial charge in [0.25, 0.3) is 5.91 Å². The molecule has 202 valence electrons. The maximum absolute atomic E-state index is 13.1. The maximum Gasteiger partial charge on any atom is 0.286 e. The van der Waals surface area contributed by atoms with Gasteiger partial charge in [0.2, 0.25) is 16.3 Å². The van der Waals surface area contributed by atoms with E-state index in [2.05, 4.69) is 5.32 Å². The number of nitrogens with zero attached hydrogens (tertiary/aromatic N) is 1. The van der Waals surface area contributed by atoms with Crippen molar-refractivity contribution in [1.29, 1.82) is 0 Å². The molecule has 1 saturated carbocycles. The van der Waals surface area contributed by atoms with Gasteiger partial charge in [0.1, 0.15) is 5.75 Å². The maximum atomic E-state index is 13.1. The molecule has 1 aromatic heterocycles. The Morgan fingerprint density at radius 1 is 1.19 bits per heavy atom. The van der Waals surface area contributed by atoms with Crippen LogP contribution < -0.4 is 10.1 Å². The average Bonchev–Trinajstić information content (AvgIpc) is 3.63. The van der Waals surface area contributed by atoms with E-state index in [1.54, 1.807) is 23.5 Å². The lowest BCUT2D eigenvalue weighted by Gasteiger charge is -2.30. The molecule has 1 aliphatic carbocycles. The first-order chi connectivity index (χ1) is 17.9. The molecule has 2 N–H and O–H groups in total. The van der Waals surface area contributed by atoms with Gasteiger partial charge in [-0.25, -0.2) is 8.42 Å². The van der Waals surface area contributed by atoms with E-state index in [1.807, 2.05) is 23.6 Å². The van der Waals surface area contributed by atoms with Gasteiger partial charge in [-0.15, -0.1) is 11.3 Å². The molecule has 2 aliphatic rings. The topological polar surface area (TPSA) is 114 Å². The third-order valence-electron chi connectivity index (χ3n) is 6.57. The Labute approximate surface area is 222 Å². The van der Waals surface area contributed by atoms with Gasteiger partial charge in [-0.2, -0.15) is 4.31 Å². The Bertz CT molecular complexity index is 1140. The van der Waals surface area contributed by atoms with Crippen molar-refractivity contribution in [1.82, 2.24) is 9.62 Å². The van der Waals surface area contributed by atoms with E-state index < -0.39 is 16.3 Å². The number of carbonyl (C=O) groups is 1. The second-order valence-corrected chi connectivity index (χ2v) is 12.0. The largest absolute Gasteiger partial charge is 0.497 e. The van der Waals surface area contributed by atoms with Crippen molar-refractivity contribution in [3.8, 4) is 5.75 Å². The van der Waals surface area contributed by atoms with Gasteiger partial charge in [0.15, 0.2) is 5.76 Å². The lowest BCUT2D eigenvalue weighted by atomic mass is 9.99. The second kappa shape index (κ2) is 12.9. The molecule has 37 heavy (non-hydrogen) atoms. The van der Waals surface area contributed by atoms with Crippen molar-refractivity contribution < 1.29 is 32.5 Å². The fourth-order valence-corrected chi connectivity index (χ4v) is 6.82. The molecule has 2 heterocycles. The van der Waals surface area contributed by atoms with E-state index in [-0.39, 0.29) is 54.8 Å². The van der Waals surface area contributed by atoms with E-state index in [9.17, 15) is 18.3 Å². The molecular weight excluding hydrogens is 516 g/mol. The summed E-state index contributed by atoms with van der Waals surface area (Å²) >= 11 is 1.61. The lowest BCUT2D eigenvalue weighted by Crippen LogP contribution is -2.39. The Hall–Kier alpha value is -2.44. The van der Waals surface area contributed by atoms with E-state index in [4.69, 9.17) is 14.2 Å². The SMILES string of the molecule is COc1ccc(S(=O)(=O)N(CCO)CCO[C@@H]2C[C@H](c3cccs3)C=C(C(=O)NC3CCCC3)O2)cc1. The van der Waals surface area contributed by atoms with E-state index in [1.165, 1.54) is 23.5 Å². The van der Waals surface area contributed by atoms with Crippen LogP contribution in [0.2, 0.25) is 0 Å². The van der Waals surface area contributed by atoms with Crippen molar-refractivity contribution in [2.75, 3.05) is 33.4 Å². The summed E-state index contributed by atoms with van der Waals surface area (Å²) in [6.45, 7) is -0.347. The third kappa shape index (κ3) is 7.11. The first-order valence-electron chi connectivity index (χ1n) is 12.5. The molecule has 0 bridgehead atoms. The van der Waals surface area contributed by atoms with Crippen LogP contribution in [0.15, 0.2) is 58.5 Å². The van der Waals surface area contributed by atoms with Gasteiger partial charge in [-0.3, -0.25) is 4.79 Å². The molecule has 0 radical (unpaired) electrons. The number of benzene rings is 1. The normalized spacial score (nSPS) is 20.5. The number of aliphatic hydroxyl groups excluding tert-OH is 1. The van der Waals surface area contributed by atoms with Crippen LogP contribution in [-0.2, 0) is 24.3 Å². The summed E-state index contributed by atoms with van der Waals surface area (Å²) in [4.78, 5) is 14.1. The molecular formula is C26H34N2O7S2. The van der Waals surface area contributed by atoms with Gasteiger partial charge >= 0.3 is 0 Å². The summed E-state index contributed by atoms with van der Waals surface area (Å²) in [6, 6.07) is 10.2. The zero-order chi connectivity index (χ0) is 26.3. The molecule has 2 aromatic rings. The fourth-order valence-electron chi connectivity index (χ4n) is 4.59. The third-order valence-corrected chi connectivity index (χ3v) is 9.49. The van der Waals surface area contributed by atoms with Crippen LogP contribution in [0.5, 0.6) is 5.75 Å². The minimum absolute atomic E-state index is 0.0196. The molecule has 4 rings (SSSR count). The zero-order valence-electron chi connectivity index (χ0n) is 20.9. The summed E-state index contributed by atoms with van der Waals surface area (Å²) in [5.41, 5.74) is 0. The predicted molar refractivity (Wildman–Crippen MR) is 140 cm³/mol. The number of rotatable bonds is 12. The molecule has 1 fully saturated rings. The summed E-state index contributed by atoms with van der Waals surface area (Å²) in [5, 5.41) is 14.5. The van der Waals surface area contributed by atoms with Gasteiger partial charge in [0.05, 0.1) is 25.2 Å². The van der Waals surface area contributed by atoms with Crippen molar-refractivity contribution >= 4 is 27.3 Å². The number of sulfonamides is 1. The second-order valence-electron chi connectivity index (χ2n) is 9.06. The van der Waals surface area contributed by atoms with Gasteiger partial charge < -0.3 is 24.6 Å². The lowest BCUT2D eigenvalue weighted by molar-refractivity contribution is -0.146. The van der Waals surface area contributed by atoms with Gasteiger partial charge in [-0.05, 0) is 54.6 Å². The van der Waals surface area contributed by atoms with Crippen molar-refractivity contribution in [2.24, 2.45) is 0 Å². The number of hydrogen-bond acceptors (Lipinski definition) is 8. The number of amides is 1. The monoisotopic (exact) mass is 550 g/mol. The van der Waals surface area contributed by atoms with Crippen LogP contribution in [0.25, 0.3) is 0 Å². The summed E-state index contributed by atoms with van der Waals surface area (Å²) in [7, 11) is -2.34. The standard InChI is InChI=1S/C26H34N2O7S2/c1-33-21-8-10-22(11-9-21)37(31,32)28(12-14-29)13-15-34-25-18-19(24-7-4-16-36-24)17-23(35-25)26(30)27-20-5-2-3-6-20/h4,7-11,16-17,19-20,25,29H,2-3,5-6,12-15,18H2,1H3,(H,27,30)/t19-,25+/m1/s1. The highest BCUT2D eigenvalue weighted by Gasteiger charge is 2.31. The minimum Gasteiger partial charge on any atom is -0.497 e. The summed E-state index contributed by atoms with van der Waals surface area (Å²) in [5.74, 6) is 0.497. The molecule has 1 aliphatic heterocycles. The van der Waals surface area contributed by atoms with E-state index in [0.717, 1.165) is 30.6 Å². The fraction of sp³-hybridized carbons (Fsp3) is 0.500. The Morgan fingerprint density at radius 3 is 2.59 bits per heavy atom. The van der Waals surface area contributed by atoms with Crippen LogP contribution in [-0.4, -0.2) is 69.5 Å². The van der Waals surface area contributed by atoms with Crippen LogP contribution in [0.1, 0.15) is 42.9 Å². The number of ether oxygens (including phenoxy) is 3. The molecule has 2 atom stereocenters. The van der Waals surface area contributed by atoms with Crippen molar-refractivity contribution in [2.45, 2.75) is 55.2 Å². The molecule has 1 amide bonds. The van der Waals surface area contributed by atoms with E-state index in [0.29, 0.717) is 12.2 Å². The number of carbonyl (C=O) groups excluding carboxylic acids is 1. The van der Waals surface area contributed by atoms with Gasteiger partial charge in [0, 0.05) is 36.3 Å². The summed E-state index contributed by atoms with van der Waals surface area (Å²) < 4.78 is 44.5. The number of methoxy groups -OCH3 is 1. The highest BCUT2D eigenvalue weighted by Crippen LogP contribution is 2.34. The average molecular weight is 551 g/mol. The smallest absolute Gasteiger partial charge is 0.286 e. The highest BCUT2D eigenvalue weighted by molar-refractivity contribution is 7.89. The zero-order valence-corrected chi connectivity index (χ0v) is 22.5. The van der Waals surface area contributed by atoms with Crippen LogP contribution >= 0.6 is 11.3 Å². The molecule has 0 spiro atoms. The first kappa shape index (κ1) is 27.6. The number of aliphatic hydroxyl groups is 1. The molecule has 0 unspecified atom stereocenters. The number of nitrogens with one attached hydrogen (secondary N) is 1. The van der Waals surface area contributed by atoms with Crippen LogP contribution in [0.3, 0.4) is 0 Å². The van der Waals surface area contributed by atoms with Crippen LogP contribution in [0, 0.1) is 0 Å². The Morgan fingerprint density at radius 2 is 1.95 bits per heavy atom. The molecule has 0 saturated heterocycles. The molecule has 1 aromatic carbocycles. The molecule has 9 nitrogen and oxygen atoms in total. The Balaban J connectivity index is 1.41. The minimum atomic E-state index is -3.85. The molecule has 11 heteroatoms. The van der Waals surface area contributed by atoms with E-state index >= 15 is 0 Å². The number of thiophene rings is 1. The Kier molecular flexibility index (Phi) is 9.60. The van der Waals surface area contributed by atoms with Gasteiger partial charge in [-0.1, -0.05) is 18.9 Å². The van der Waals surface area contributed by atoms with Crippen molar-refractivity contribution in [3.63, 3.8) is 0 Å². The number of hydrogen-bond donors (Lipinski definition) is 2. The highest BCUT2D eigenvalue weighted by atomic mass is 32.2. The summed E-state index contributed by atoms with van der Waals surface area (Å²) in [6.07, 6.45) is 5.80. The predicted octanol–water partition coefficient (Wildman–Crippen LogP) is 3.23. The van der Waals surface area contributed by atoms with Crippen molar-refractivity contribution in [3.05, 3.63) is 58.5 Å². The first-order valence-corrected chi connectivity index (χ1v) is 14.8. The van der Waals surface area contributed by atoms with Crippen LogP contribution in [0.4, 0.5) is 0 Å².